The molecule has 0 saturated heterocycles. The second-order valence-corrected chi connectivity index (χ2v) is 7.73. The molecule has 2 atom stereocenters. The number of aromatic amines is 2. The molecule has 0 fully saturated rings. The minimum atomic E-state index is 0.145. The van der Waals surface area contributed by atoms with Gasteiger partial charge >= 0.3 is 0 Å². The van der Waals surface area contributed by atoms with Gasteiger partial charge in [-0.05, 0) is 48.4 Å². The topological polar surface area (TPSA) is 66.6 Å². The maximum absolute atomic E-state index is 5.32. The number of ether oxygens (including phenoxy) is 1. The number of fused-ring (bicyclic) bond motifs is 2. The van der Waals surface area contributed by atoms with Crippen LogP contribution in [0.15, 0.2) is 72.8 Å². The molecule has 0 aliphatic carbocycles. The van der Waals surface area contributed by atoms with E-state index in [0.717, 1.165) is 45.9 Å². The van der Waals surface area contributed by atoms with Crippen LogP contribution in [0.4, 0.5) is 0 Å². The van der Waals surface area contributed by atoms with Gasteiger partial charge in [-0.2, -0.15) is 0 Å². The van der Waals surface area contributed by atoms with Crippen LogP contribution in [0.2, 0.25) is 0 Å². The third kappa shape index (κ3) is 3.43. The molecule has 5 nitrogen and oxygen atoms in total. The molecule has 0 bridgehead atoms. The van der Waals surface area contributed by atoms with Gasteiger partial charge in [0.25, 0.3) is 0 Å². The van der Waals surface area contributed by atoms with Crippen molar-refractivity contribution in [1.82, 2.24) is 19.9 Å². The van der Waals surface area contributed by atoms with Crippen LogP contribution in [0.1, 0.15) is 36.0 Å². The summed E-state index contributed by atoms with van der Waals surface area (Å²) in [6, 6.07) is 24.6. The summed E-state index contributed by atoms with van der Waals surface area (Å²) in [6.07, 6.45) is 0.849. The van der Waals surface area contributed by atoms with Gasteiger partial charge in [-0.1, -0.05) is 43.3 Å². The Kier molecular flexibility index (Phi) is 4.71. The van der Waals surface area contributed by atoms with Crippen molar-refractivity contribution < 1.29 is 4.74 Å². The fourth-order valence-electron chi connectivity index (χ4n) is 4.05. The van der Waals surface area contributed by atoms with Crippen LogP contribution >= 0.6 is 0 Å². The van der Waals surface area contributed by atoms with Crippen LogP contribution in [-0.4, -0.2) is 27.0 Å². The highest BCUT2D eigenvalue weighted by Crippen LogP contribution is 2.35. The zero-order chi connectivity index (χ0) is 20.5. The van der Waals surface area contributed by atoms with E-state index in [1.54, 1.807) is 7.11 Å². The van der Waals surface area contributed by atoms with Crippen molar-refractivity contribution in [3.63, 3.8) is 0 Å². The Hall–Kier alpha value is -3.60. The van der Waals surface area contributed by atoms with Crippen molar-refractivity contribution in [2.45, 2.75) is 25.2 Å². The van der Waals surface area contributed by atoms with Crippen molar-refractivity contribution in [3.05, 3.63) is 90.0 Å². The second-order valence-electron chi connectivity index (χ2n) is 7.73. The Bertz CT molecular complexity index is 1220. The van der Waals surface area contributed by atoms with E-state index in [4.69, 9.17) is 14.7 Å². The summed E-state index contributed by atoms with van der Waals surface area (Å²) in [7, 11) is 1.69. The number of benzene rings is 3. The largest absolute Gasteiger partial charge is 0.497 e. The maximum Gasteiger partial charge on any atom is 0.118 e. The van der Waals surface area contributed by atoms with Crippen molar-refractivity contribution in [1.29, 1.82) is 0 Å². The lowest BCUT2D eigenvalue weighted by Gasteiger charge is -2.21. The standard InChI is InChI=1S/C25H24N4O/c1-16(24-26-20-7-3-4-8-21(20)27-24)19(15-17-11-13-18(30-2)14-12-17)25-28-22-9-5-6-10-23(22)29-25/h3-14,16,19H,15H2,1-2H3,(H,26,27)(H,28,29)/t16-,19+/m0/s1. The highest BCUT2D eigenvalue weighted by Gasteiger charge is 2.27. The second kappa shape index (κ2) is 7.67. The minimum Gasteiger partial charge on any atom is -0.497 e. The van der Waals surface area contributed by atoms with Gasteiger partial charge in [0.15, 0.2) is 0 Å². The monoisotopic (exact) mass is 396 g/mol. The van der Waals surface area contributed by atoms with Crippen LogP contribution in [0.5, 0.6) is 5.75 Å². The van der Waals surface area contributed by atoms with Crippen LogP contribution < -0.4 is 4.74 Å². The molecule has 150 valence electrons. The van der Waals surface area contributed by atoms with Gasteiger partial charge in [-0.25, -0.2) is 9.97 Å². The molecule has 2 aromatic heterocycles. The molecule has 2 N–H and O–H groups in total. The predicted octanol–water partition coefficient (Wildman–Crippen LogP) is 5.58. The Morgan fingerprint density at radius 1 is 0.767 bits per heavy atom. The van der Waals surface area contributed by atoms with Gasteiger partial charge in [0.2, 0.25) is 0 Å². The Morgan fingerprint density at radius 3 is 1.93 bits per heavy atom. The first kappa shape index (κ1) is 18.4. The predicted molar refractivity (Wildman–Crippen MR) is 120 cm³/mol. The number of nitrogens with one attached hydrogen (secondary N) is 2. The number of hydrogen-bond donors (Lipinski definition) is 2. The van der Waals surface area contributed by atoms with E-state index in [2.05, 4.69) is 41.2 Å². The summed E-state index contributed by atoms with van der Waals surface area (Å²) in [6.45, 7) is 2.22. The summed E-state index contributed by atoms with van der Waals surface area (Å²) in [5, 5.41) is 0. The lowest BCUT2D eigenvalue weighted by molar-refractivity contribution is 0.414. The zero-order valence-corrected chi connectivity index (χ0v) is 17.1. The molecule has 0 amide bonds. The highest BCUT2D eigenvalue weighted by molar-refractivity contribution is 5.75. The van der Waals surface area contributed by atoms with Crippen LogP contribution in [0.25, 0.3) is 22.1 Å². The number of nitrogens with zero attached hydrogens (tertiary/aromatic N) is 2. The third-order valence-electron chi connectivity index (χ3n) is 5.82. The van der Waals surface area contributed by atoms with Gasteiger partial charge < -0.3 is 14.7 Å². The van der Waals surface area contributed by atoms with E-state index >= 15 is 0 Å². The minimum absolute atomic E-state index is 0.145. The molecule has 0 aliphatic heterocycles. The van der Waals surface area contributed by atoms with E-state index in [1.165, 1.54) is 5.56 Å². The molecule has 3 aromatic carbocycles. The molecule has 5 aromatic rings. The third-order valence-corrected chi connectivity index (χ3v) is 5.82. The quantitative estimate of drug-likeness (QED) is 0.394. The lowest BCUT2D eigenvalue weighted by Crippen LogP contribution is -2.14. The molecule has 0 spiro atoms. The SMILES string of the molecule is COc1ccc(C[C@@H](c2nc3ccccc3[nH]2)[C@H](C)c2nc3ccccc3[nH]2)cc1. The zero-order valence-electron chi connectivity index (χ0n) is 17.1. The number of H-pyrrole nitrogens is 2. The molecule has 0 saturated carbocycles. The highest BCUT2D eigenvalue weighted by atomic mass is 16.5. The Morgan fingerprint density at radius 2 is 1.33 bits per heavy atom. The fourth-order valence-corrected chi connectivity index (χ4v) is 4.05. The summed E-state index contributed by atoms with van der Waals surface area (Å²) < 4.78 is 5.32. The number of para-hydroxylation sites is 4. The van der Waals surface area contributed by atoms with Crippen molar-refractivity contribution >= 4 is 22.1 Å². The molecule has 30 heavy (non-hydrogen) atoms. The van der Waals surface area contributed by atoms with Gasteiger partial charge in [0.1, 0.15) is 17.4 Å². The van der Waals surface area contributed by atoms with Gasteiger partial charge in [0.05, 0.1) is 29.2 Å². The average molecular weight is 396 g/mol. The Labute approximate surface area is 175 Å². The summed E-state index contributed by atoms with van der Waals surface area (Å²) in [4.78, 5) is 16.8. The van der Waals surface area contributed by atoms with E-state index in [1.807, 2.05) is 48.5 Å². The van der Waals surface area contributed by atoms with Crippen molar-refractivity contribution in [2.75, 3.05) is 7.11 Å². The maximum atomic E-state index is 5.32. The van der Waals surface area contributed by atoms with Crippen molar-refractivity contribution in [2.24, 2.45) is 0 Å². The molecular formula is C25H24N4O. The molecule has 0 radical (unpaired) electrons. The average Bonchev–Trinajstić information content (AvgIpc) is 3.41. The summed E-state index contributed by atoms with van der Waals surface area (Å²) in [5.41, 5.74) is 5.34. The van der Waals surface area contributed by atoms with Gasteiger partial charge in [0, 0.05) is 11.8 Å². The van der Waals surface area contributed by atoms with Crippen LogP contribution in [0.3, 0.4) is 0 Å². The number of methoxy groups -OCH3 is 1. The van der Waals surface area contributed by atoms with Crippen molar-refractivity contribution in [3.8, 4) is 5.75 Å². The molecule has 5 rings (SSSR count). The van der Waals surface area contributed by atoms with E-state index < -0.39 is 0 Å². The summed E-state index contributed by atoms with van der Waals surface area (Å²) in [5.74, 6) is 3.13. The van der Waals surface area contributed by atoms with Crippen LogP contribution in [-0.2, 0) is 6.42 Å². The molecule has 0 unspecified atom stereocenters. The summed E-state index contributed by atoms with van der Waals surface area (Å²) >= 11 is 0. The van der Waals surface area contributed by atoms with E-state index in [9.17, 15) is 0 Å². The van der Waals surface area contributed by atoms with E-state index in [-0.39, 0.29) is 11.8 Å². The van der Waals surface area contributed by atoms with Gasteiger partial charge in [-0.15, -0.1) is 0 Å². The van der Waals surface area contributed by atoms with Gasteiger partial charge in [-0.3, -0.25) is 0 Å². The number of rotatable bonds is 6. The Balaban J connectivity index is 1.55. The smallest absolute Gasteiger partial charge is 0.118 e. The normalized spacial score (nSPS) is 13.5. The van der Waals surface area contributed by atoms with Crippen LogP contribution in [0, 0.1) is 0 Å². The van der Waals surface area contributed by atoms with E-state index in [0.29, 0.717) is 0 Å². The molecule has 2 heterocycles. The lowest BCUT2D eigenvalue weighted by atomic mass is 9.86. The number of imidazole rings is 2. The first-order valence-corrected chi connectivity index (χ1v) is 10.2. The fraction of sp³-hybridized carbons (Fsp3) is 0.200. The number of aromatic nitrogens is 4. The first-order chi connectivity index (χ1) is 14.7. The molecule has 5 heteroatoms. The number of hydrogen-bond acceptors (Lipinski definition) is 3. The first-order valence-electron chi connectivity index (χ1n) is 10.2. The molecular weight excluding hydrogens is 372 g/mol. The molecule has 0 aliphatic rings.